The Hall–Kier alpha value is -1.87. The summed E-state index contributed by atoms with van der Waals surface area (Å²) in [6.45, 7) is 6.60. The maximum atomic E-state index is 5.57. The van der Waals surface area contributed by atoms with E-state index in [1.807, 2.05) is 24.4 Å². The van der Waals surface area contributed by atoms with Gasteiger partial charge >= 0.3 is 0 Å². The molecule has 0 aliphatic carbocycles. The van der Waals surface area contributed by atoms with Crippen molar-refractivity contribution in [1.82, 2.24) is 10.3 Å². The summed E-state index contributed by atoms with van der Waals surface area (Å²) in [7, 11) is 0. The molecule has 1 N–H and O–H groups in total. The molecule has 2 rings (SSSR count). The van der Waals surface area contributed by atoms with Gasteiger partial charge in [-0.05, 0) is 42.7 Å². The van der Waals surface area contributed by atoms with Crippen LogP contribution in [0.3, 0.4) is 0 Å². The molecule has 0 radical (unpaired) electrons. The zero-order valence-corrected chi connectivity index (χ0v) is 12.2. The molecule has 106 valence electrons. The van der Waals surface area contributed by atoms with Gasteiger partial charge in [0.2, 0.25) is 0 Å². The molecule has 0 saturated heterocycles. The van der Waals surface area contributed by atoms with Gasteiger partial charge < -0.3 is 10.1 Å². The van der Waals surface area contributed by atoms with E-state index < -0.39 is 0 Å². The molecular weight excluding hydrogens is 248 g/mol. The lowest BCUT2D eigenvalue weighted by Gasteiger charge is -2.08. The van der Waals surface area contributed by atoms with Gasteiger partial charge in [0.05, 0.1) is 12.3 Å². The number of ether oxygens (including phenoxy) is 1. The molecule has 0 saturated carbocycles. The summed E-state index contributed by atoms with van der Waals surface area (Å²) in [5.41, 5.74) is 3.58. The minimum atomic E-state index is 0.774. The van der Waals surface area contributed by atoms with Gasteiger partial charge in [0.25, 0.3) is 0 Å². The average Bonchev–Trinajstić information content (AvgIpc) is 2.48. The van der Waals surface area contributed by atoms with Crippen LogP contribution < -0.4 is 10.1 Å². The summed E-state index contributed by atoms with van der Waals surface area (Å²) in [6.07, 6.45) is 2.87. The van der Waals surface area contributed by atoms with E-state index in [1.54, 1.807) is 0 Å². The third kappa shape index (κ3) is 4.35. The number of pyridine rings is 1. The van der Waals surface area contributed by atoms with Crippen molar-refractivity contribution in [3.63, 3.8) is 0 Å². The van der Waals surface area contributed by atoms with E-state index in [-0.39, 0.29) is 0 Å². The number of hydrogen-bond acceptors (Lipinski definition) is 3. The first-order chi connectivity index (χ1) is 9.79. The predicted molar refractivity (Wildman–Crippen MR) is 81.7 cm³/mol. The Balaban J connectivity index is 1.81. The maximum Gasteiger partial charge on any atom is 0.119 e. The molecule has 0 atom stereocenters. The largest absolute Gasteiger partial charge is 0.494 e. The summed E-state index contributed by atoms with van der Waals surface area (Å²) < 4.78 is 5.57. The molecule has 1 aromatic carbocycles. The fourth-order valence-electron chi connectivity index (χ4n) is 1.95. The van der Waals surface area contributed by atoms with Crippen molar-refractivity contribution in [2.45, 2.75) is 33.4 Å². The summed E-state index contributed by atoms with van der Waals surface area (Å²) in [6, 6.07) is 12.3. The van der Waals surface area contributed by atoms with E-state index >= 15 is 0 Å². The Morgan fingerprint density at radius 3 is 2.60 bits per heavy atom. The van der Waals surface area contributed by atoms with Gasteiger partial charge in [-0.1, -0.05) is 25.1 Å². The van der Waals surface area contributed by atoms with Gasteiger partial charge in [0.15, 0.2) is 0 Å². The van der Waals surface area contributed by atoms with Gasteiger partial charge in [-0.2, -0.15) is 0 Å². The van der Waals surface area contributed by atoms with E-state index in [0.29, 0.717) is 0 Å². The van der Waals surface area contributed by atoms with Gasteiger partial charge in [0, 0.05) is 19.3 Å². The van der Waals surface area contributed by atoms with Crippen LogP contribution in [0, 0.1) is 6.92 Å². The second-order valence-electron chi connectivity index (χ2n) is 4.86. The zero-order chi connectivity index (χ0) is 14.2. The Kier molecular flexibility index (Phi) is 5.56. The van der Waals surface area contributed by atoms with Gasteiger partial charge in [-0.3, -0.25) is 4.98 Å². The lowest BCUT2D eigenvalue weighted by atomic mass is 10.2. The van der Waals surface area contributed by atoms with E-state index in [1.165, 1.54) is 11.1 Å². The second-order valence-corrected chi connectivity index (χ2v) is 4.86. The number of benzene rings is 1. The normalized spacial score (nSPS) is 10.5. The first kappa shape index (κ1) is 14.5. The smallest absolute Gasteiger partial charge is 0.119 e. The molecule has 0 aliphatic rings. The monoisotopic (exact) mass is 270 g/mol. The maximum absolute atomic E-state index is 5.57. The van der Waals surface area contributed by atoms with Crippen molar-refractivity contribution >= 4 is 0 Å². The molecule has 0 amide bonds. The molecule has 0 spiro atoms. The molecule has 0 fully saturated rings. The van der Waals surface area contributed by atoms with E-state index in [4.69, 9.17) is 4.74 Å². The van der Waals surface area contributed by atoms with E-state index in [0.717, 1.165) is 37.6 Å². The third-order valence-corrected chi connectivity index (χ3v) is 3.14. The standard InChI is InChI=1S/C17H22N2O/c1-3-11-20-16-8-6-15(7-9-16)12-18-13-17-14(2)5-4-10-19-17/h4-10,18H,3,11-13H2,1-2H3. The second kappa shape index (κ2) is 7.65. The number of hydrogen-bond donors (Lipinski definition) is 1. The molecule has 3 heteroatoms. The van der Waals surface area contributed by atoms with Crippen LogP contribution in [0.5, 0.6) is 5.75 Å². The highest BCUT2D eigenvalue weighted by Crippen LogP contribution is 2.12. The van der Waals surface area contributed by atoms with Gasteiger partial charge in [0.1, 0.15) is 5.75 Å². The van der Waals surface area contributed by atoms with Crippen LogP contribution in [0.1, 0.15) is 30.2 Å². The van der Waals surface area contributed by atoms with Crippen molar-refractivity contribution in [2.75, 3.05) is 6.61 Å². The molecular formula is C17H22N2O. The zero-order valence-electron chi connectivity index (χ0n) is 12.2. The summed E-state index contributed by atoms with van der Waals surface area (Å²) in [5, 5.41) is 3.42. The SMILES string of the molecule is CCCOc1ccc(CNCc2ncccc2C)cc1. The Morgan fingerprint density at radius 1 is 1.10 bits per heavy atom. The molecule has 0 unspecified atom stereocenters. The molecule has 0 bridgehead atoms. The first-order valence-corrected chi connectivity index (χ1v) is 7.12. The van der Waals surface area contributed by atoms with E-state index in [2.05, 4.69) is 42.3 Å². The molecule has 2 aromatic rings. The highest BCUT2D eigenvalue weighted by Gasteiger charge is 1.99. The summed E-state index contributed by atoms with van der Waals surface area (Å²) in [4.78, 5) is 4.37. The number of nitrogens with one attached hydrogen (secondary N) is 1. The quantitative estimate of drug-likeness (QED) is 0.836. The first-order valence-electron chi connectivity index (χ1n) is 7.12. The number of aryl methyl sites for hydroxylation is 1. The number of aromatic nitrogens is 1. The van der Waals surface area contributed by atoms with Gasteiger partial charge in [-0.25, -0.2) is 0 Å². The van der Waals surface area contributed by atoms with Gasteiger partial charge in [-0.15, -0.1) is 0 Å². The molecule has 1 heterocycles. The van der Waals surface area contributed by atoms with Crippen LogP contribution >= 0.6 is 0 Å². The van der Waals surface area contributed by atoms with E-state index in [9.17, 15) is 0 Å². The average molecular weight is 270 g/mol. The van der Waals surface area contributed by atoms with Crippen molar-refractivity contribution in [3.8, 4) is 5.75 Å². The van der Waals surface area contributed by atoms with Crippen molar-refractivity contribution in [2.24, 2.45) is 0 Å². The van der Waals surface area contributed by atoms with Crippen LogP contribution in [0.2, 0.25) is 0 Å². The third-order valence-electron chi connectivity index (χ3n) is 3.14. The van der Waals surface area contributed by atoms with Crippen LogP contribution in [0.4, 0.5) is 0 Å². The Morgan fingerprint density at radius 2 is 1.90 bits per heavy atom. The number of nitrogens with zero attached hydrogens (tertiary/aromatic N) is 1. The highest BCUT2D eigenvalue weighted by atomic mass is 16.5. The number of rotatable bonds is 7. The van der Waals surface area contributed by atoms with Crippen molar-refractivity contribution < 1.29 is 4.74 Å². The van der Waals surface area contributed by atoms with Crippen LogP contribution in [0.15, 0.2) is 42.6 Å². The minimum Gasteiger partial charge on any atom is -0.494 e. The topological polar surface area (TPSA) is 34.1 Å². The predicted octanol–water partition coefficient (Wildman–Crippen LogP) is 3.47. The molecule has 0 aliphatic heterocycles. The van der Waals surface area contributed by atoms with Crippen LogP contribution in [-0.2, 0) is 13.1 Å². The molecule has 20 heavy (non-hydrogen) atoms. The van der Waals surface area contributed by atoms with Crippen molar-refractivity contribution in [1.29, 1.82) is 0 Å². The Labute approximate surface area is 121 Å². The fourth-order valence-corrected chi connectivity index (χ4v) is 1.95. The highest BCUT2D eigenvalue weighted by molar-refractivity contribution is 5.27. The fraction of sp³-hybridized carbons (Fsp3) is 0.353. The lowest BCUT2D eigenvalue weighted by Crippen LogP contribution is -2.14. The summed E-state index contributed by atoms with van der Waals surface area (Å²) >= 11 is 0. The molecule has 3 nitrogen and oxygen atoms in total. The molecule has 1 aromatic heterocycles. The lowest BCUT2D eigenvalue weighted by molar-refractivity contribution is 0.317. The Bertz CT molecular complexity index is 523. The van der Waals surface area contributed by atoms with Crippen molar-refractivity contribution in [3.05, 3.63) is 59.4 Å². The minimum absolute atomic E-state index is 0.774. The summed E-state index contributed by atoms with van der Waals surface area (Å²) in [5.74, 6) is 0.941. The van der Waals surface area contributed by atoms with Crippen LogP contribution in [0.25, 0.3) is 0 Å². The van der Waals surface area contributed by atoms with Crippen LogP contribution in [-0.4, -0.2) is 11.6 Å².